The maximum atomic E-state index is 10.9. The van der Waals surface area contributed by atoms with E-state index in [4.69, 9.17) is 27.6 Å². The van der Waals surface area contributed by atoms with E-state index in [0.717, 1.165) is 29.7 Å². The van der Waals surface area contributed by atoms with Gasteiger partial charge in [-0.3, -0.25) is 0 Å². The Kier molecular flexibility index (Phi) is 3.34. The molecular weight excluding hydrogens is 283 g/mol. The molecule has 0 radical (unpaired) electrons. The predicted molar refractivity (Wildman–Crippen MR) is 75.7 cm³/mol. The first-order chi connectivity index (χ1) is 9.08. The number of furan rings is 1. The molecule has 1 N–H and O–H groups in total. The summed E-state index contributed by atoms with van der Waals surface area (Å²) in [6.07, 6.45) is 4.60. The maximum absolute atomic E-state index is 10.9. The zero-order chi connectivity index (χ0) is 13.5. The van der Waals surface area contributed by atoms with Crippen LogP contribution in [-0.2, 0) is 18.4 Å². The van der Waals surface area contributed by atoms with E-state index in [1.54, 1.807) is 18.4 Å². The van der Waals surface area contributed by atoms with Crippen LogP contribution in [0.1, 0.15) is 29.7 Å². The standard InChI is InChI=1S/C15H14Cl2O2/c16-11-3-4-13(17)10(8-11)9-15(18)6-1-2-14-12(15)5-7-19-14/h3-5,7-8,18H,1-2,6,9H2. The quantitative estimate of drug-likeness (QED) is 0.893. The van der Waals surface area contributed by atoms with E-state index in [9.17, 15) is 5.11 Å². The van der Waals surface area contributed by atoms with E-state index >= 15 is 0 Å². The minimum atomic E-state index is -0.908. The summed E-state index contributed by atoms with van der Waals surface area (Å²) >= 11 is 12.2. The molecule has 0 fully saturated rings. The lowest BCUT2D eigenvalue weighted by atomic mass is 9.79. The zero-order valence-electron chi connectivity index (χ0n) is 10.3. The van der Waals surface area contributed by atoms with Crippen LogP contribution in [0.25, 0.3) is 0 Å². The lowest BCUT2D eigenvalue weighted by molar-refractivity contribution is 0.0169. The van der Waals surface area contributed by atoms with Crippen LogP contribution in [0.15, 0.2) is 34.9 Å². The van der Waals surface area contributed by atoms with Crippen molar-refractivity contribution in [2.75, 3.05) is 0 Å². The molecule has 0 bridgehead atoms. The van der Waals surface area contributed by atoms with Gasteiger partial charge in [0.1, 0.15) is 5.76 Å². The number of fused-ring (bicyclic) bond motifs is 1. The van der Waals surface area contributed by atoms with Crippen LogP contribution in [0, 0.1) is 0 Å². The molecule has 1 unspecified atom stereocenters. The van der Waals surface area contributed by atoms with Crippen LogP contribution in [0.4, 0.5) is 0 Å². The average molecular weight is 297 g/mol. The molecule has 1 aromatic carbocycles. The lowest BCUT2D eigenvalue weighted by Gasteiger charge is -2.32. The summed E-state index contributed by atoms with van der Waals surface area (Å²) in [5.41, 5.74) is 0.843. The Balaban J connectivity index is 1.97. The second kappa shape index (κ2) is 4.86. The maximum Gasteiger partial charge on any atom is 0.109 e. The molecule has 1 aliphatic carbocycles. The molecule has 0 saturated carbocycles. The van der Waals surface area contributed by atoms with Gasteiger partial charge in [-0.25, -0.2) is 0 Å². The van der Waals surface area contributed by atoms with Gasteiger partial charge in [0.25, 0.3) is 0 Å². The molecule has 1 atom stereocenters. The van der Waals surface area contributed by atoms with Gasteiger partial charge >= 0.3 is 0 Å². The smallest absolute Gasteiger partial charge is 0.109 e. The largest absolute Gasteiger partial charge is 0.469 e. The molecule has 1 heterocycles. The second-order valence-electron chi connectivity index (χ2n) is 5.06. The highest BCUT2D eigenvalue weighted by Crippen LogP contribution is 2.39. The molecule has 4 heteroatoms. The number of hydrogen-bond donors (Lipinski definition) is 1. The van der Waals surface area contributed by atoms with Gasteiger partial charge in [0.05, 0.1) is 11.9 Å². The van der Waals surface area contributed by atoms with Crippen molar-refractivity contribution >= 4 is 23.2 Å². The first-order valence-electron chi connectivity index (χ1n) is 6.32. The third-order valence-corrected chi connectivity index (χ3v) is 4.34. The highest BCUT2D eigenvalue weighted by Gasteiger charge is 2.36. The molecule has 100 valence electrons. The Hall–Kier alpha value is -0.960. The predicted octanol–water partition coefficient (Wildman–Crippen LogP) is 4.35. The molecule has 0 spiro atoms. The van der Waals surface area contributed by atoms with Crippen molar-refractivity contribution in [3.8, 4) is 0 Å². The van der Waals surface area contributed by atoms with E-state index in [1.165, 1.54) is 0 Å². The molecule has 2 aromatic rings. The van der Waals surface area contributed by atoms with Crippen molar-refractivity contribution in [1.29, 1.82) is 0 Å². The van der Waals surface area contributed by atoms with Crippen LogP contribution in [0.2, 0.25) is 10.0 Å². The fraction of sp³-hybridized carbons (Fsp3) is 0.333. The van der Waals surface area contributed by atoms with Crippen LogP contribution in [-0.4, -0.2) is 5.11 Å². The van der Waals surface area contributed by atoms with E-state index in [0.29, 0.717) is 22.9 Å². The van der Waals surface area contributed by atoms with Crippen molar-refractivity contribution in [2.24, 2.45) is 0 Å². The molecule has 0 aliphatic heterocycles. The first kappa shape index (κ1) is 13.0. The van der Waals surface area contributed by atoms with Gasteiger partial charge < -0.3 is 9.52 Å². The fourth-order valence-electron chi connectivity index (χ4n) is 2.80. The Morgan fingerprint density at radius 3 is 2.95 bits per heavy atom. The van der Waals surface area contributed by atoms with Crippen molar-refractivity contribution in [3.05, 3.63) is 57.5 Å². The second-order valence-corrected chi connectivity index (χ2v) is 5.90. The number of benzene rings is 1. The molecule has 3 rings (SSSR count). The summed E-state index contributed by atoms with van der Waals surface area (Å²) in [6, 6.07) is 7.19. The molecule has 19 heavy (non-hydrogen) atoms. The summed E-state index contributed by atoms with van der Waals surface area (Å²) in [5, 5.41) is 12.2. The Labute approximate surface area is 122 Å². The van der Waals surface area contributed by atoms with Gasteiger partial charge in [-0.05, 0) is 42.7 Å². The third kappa shape index (κ3) is 2.40. The Morgan fingerprint density at radius 1 is 1.26 bits per heavy atom. The van der Waals surface area contributed by atoms with Crippen LogP contribution < -0.4 is 0 Å². The third-order valence-electron chi connectivity index (χ3n) is 3.73. The molecule has 0 saturated heterocycles. The molecule has 0 amide bonds. The normalized spacial score (nSPS) is 22.3. The summed E-state index contributed by atoms with van der Waals surface area (Å²) in [7, 11) is 0. The number of hydrogen-bond acceptors (Lipinski definition) is 2. The molecule has 1 aromatic heterocycles. The van der Waals surface area contributed by atoms with Gasteiger partial charge in [-0.1, -0.05) is 23.2 Å². The fourth-order valence-corrected chi connectivity index (χ4v) is 3.18. The number of halogens is 2. The Bertz CT molecular complexity index is 606. The summed E-state index contributed by atoms with van der Waals surface area (Å²) in [4.78, 5) is 0. The summed E-state index contributed by atoms with van der Waals surface area (Å²) < 4.78 is 5.42. The van der Waals surface area contributed by atoms with Crippen molar-refractivity contribution < 1.29 is 9.52 Å². The number of rotatable bonds is 2. The van der Waals surface area contributed by atoms with Crippen LogP contribution in [0.5, 0.6) is 0 Å². The van der Waals surface area contributed by atoms with Crippen molar-refractivity contribution in [2.45, 2.75) is 31.3 Å². The highest BCUT2D eigenvalue weighted by atomic mass is 35.5. The molecule has 1 aliphatic rings. The summed E-state index contributed by atoms with van der Waals surface area (Å²) in [6.45, 7) is 0. The summed E-state index contributed by atoms with van der Waals surface area (Å²) in [5.74, 6) is 0.881. The first-order valence-corrected chi connectivity index (χ1v) is 7.07. The van der Waals surface area contributed by atoms with Gasteiger partial charge in [0, 0.05) is 28.5 Å². The van der Waals surface area contributed by atoms with Gasteiger partial charge in [0.15, 0.2) is 0 Å². The van der Waals surface area contributed by atoms with Gasteiger partial charge in [-0.2, -0.15) is 0 Å². The minimum Gasteiger partial charge on any atom is -0.469 e. The van der Waals surface area contributed by atoms with Gasteiger partial charge in [0.2, 0.25) is 0 Å². The van der Waals surface area contributed by atoms with E-state index in [2.05, 4.69) is 0 Å². The minimum absolute atomic E-state index is 0.457. The van der Waals surface area contributed by atoms with Crippen molar-refractivity contribution in [1.82, 2.24) is 0 Å². The van der Waals surface area contributed by atoms with E-state index < -0.39 is 5.60 Å². The van der Waals surface area contributed by atoms with Gasteiger partial charge in [-0.15, -0.1) is 0 Å². The zero-order valence-corrected chi connectivity index (χ0v) is 11.8. The number of aryl methyl sites for hydroxylation is 1. The van der Waals surface area contributed by atoms with Crippen LogP contribution in [0.3, 0.4) is 0 Å². The number of aliphatic hydroxyl groups is 1. The molecule has 2 nitrogen and oxygen atoms in total. The van der Waals surface area contributed by atoms with Crippen molar-refractivity contribution in [3.63, 3.8) is 0 Å². The van der Waals surface area contributed by atoms with E-state index in [1.807, 2.05) is 12.1 Å². The highest BCUT2D eigenvalue weighted by molar-refractivity contribution is 6.33. The molecular formula is C15H14Cl2O2. The monoisotopic (exact) mass is 296 g/mol. The van der Waals surface area contributed by atoms with E-state index in [-0.39, 0.29) is 0 Å². The van der Waals surface area contributed by atoms with Crippen LogP contribution >= 0.6 is 23.2 Å². The SMILES string of the molecule is OC1(Cc2cc(Cl)ccc2Cl)CCCc2occc21. The topological polar surface area (TPSA) is 33.4 Å². The Morgan fingerprint density at radius 2 is 2.11 bits per heavy atom. The lowest BCUT2D eigenvalue weighted by Crippen LogP contribution is -2.32. The average Bonchev–Trinajstić information content (AvgIpc) is 2.84.